The van der Waals surface area contributed by atoms with E-state index in [9.17, 15) is 4.79 Å². The number of hydrogen-bond donors (Lipinski definition) is 2. The molecule has 2 atom stereocenters. The van der Waals surface area contributed by atoms with Crippen LogP contribution in [0.25, 0.3) is 0 Å². The Morgan fingerprint density at radius 1 is 1.45 bits per heavy atom. The Kier molecular flexibility index (Phi) is 4.89. The topological polar surface area (TPSA) is 58.4 Å². The maximum Gasteiger partial charge on any atom is 0.227 e. The second-order valence-corrected chi connectivity index (χ2v) is 5.99. The molecule has 0 spiro atoms. The molecule has 1 aliphatic carbocycles. The number of halogens is 1. The van der Waals surface area contributed by atoms with Crippen molar-refractivity contribution in [3.05, 3.63) is 23.2 Å². The number of hydrogen-bond acceptors (Lipinski definition) is 3. The van der Waals surface area contributed by atoms with Crippen molar-refractivity contribution in [3.8, 4) is 0 Å². The lowest BCUT2D eigenvalue weighted by Crippen LogP contribution is -2.29. The molecule has 1 amide bonds. The first kappa shape index (κ1) is 15.1. The van der Waals surface area contributed by atoms with Gasteiger partial charge < -0.3 is 16.0 Å². The van der Waals surface area contributed by atoms with Crippen LogP contribution in [0.3, 0.4) is 0 Å². The molecular weight excluding hydrogens is 274 g/mol. The molecule has 5 heteroatoms. The van der Waals surface area contributed by atoms with E-state index in [1.54, 1.807) is 6.07 Å². The van der Waals surface area contributed by atoms with E-state index >= 15 is 0 Å². The largest absolute Gasteiger partial charge is 0.376 e. The highest BCUT2D eigenvalue weighted by Gasteiger charge is 2.31. The molecule has 2 unspecified atom stereocenters. The van der Waals surface area contributed by atoms with Gasteiger partial charge in [0.25, 0.3) is 0 Å². The summed E-state index contributed by atoms with van der Waals surface area (Å²) in [5, 5.41) is 3.59. The van der Waals surface area contributed by atoms with Crippen LogP contribution in [0.1, 0.15) is 19.3 Å². The molecule has 0 bridgehead atoms. The molecule has 4 nitrogen and oxygen atoms in total. The van der Waals surface area contributed by atoms with Gasteiger partial charge in [-0.3, -0.25) is 4.79 Å². The molecule has 0 heterocycles. The van der Waals surface area contributed by atoms with Gasteiger partial charge in [-0.15, -0.1) is 0 Å². The van der Waals surface area contributed by atoms with Gasteiger partial charge in [-0.05, 0) is 43.5 Å². The number of rotatable bonds is 4. The summed E-state index contributed by atoms with van der Waals surface area (Å²) in [6, 6.07) is 5.58. The van der Waals surface area contributed by atoms with Gasteiger partial charge in [-0.25, -0.2) is 0 Å². The first-order valence-electron chi connectivity index (χ1n) is 7.00. The molecule has 2 rings (SSSR count). The van der Waals surface area contributed by atoms with Crippen LogP contribution in [0.15, 0.2) is 18.2 Å². The molecule has 1 aromatic carbocycles. The van der Waals surface area contributed by atoms with E-state index in [2.05, 4.69) is 5.32 Å². The molecule has 0 aromatic heterocycles. The van der Waals surface area contributed by atoms with E-state index in [0.717, 1.165) is 30.6 Å². The van der Waals surface area contributed by atoms with Crippen LogP contribution in [0, 0.1) is 11.8 Å². The molecule has 0 aliphatic heterocycles. The van der Waals surface area contributed by atoms with Crippen LogP contribution < -0.4 is 16.0 Å². The fraction of sp³-hybridized carbons (Fsp3) is 0.533. The normalized spacial score (nSPS) is 21.8. The highest BCUT2D eigenvalue weighted by Crippen LogP contribution is 2.33. The number of nitrogens with two attached hydrogens (primary N) is 1. The van der Waals surface area contributed by atoms with E-state index in [1.807, 2.05) is 31.1 Å². The maximum atomic E-state index is 12.3. The van der Waals surface area contributed by atoms with Gasteiger partial charge in [0.2, 0.25) is 5.91 Å². The molecule has 0 saturated heterocycles. The summed E-state index contributed by atoms with van der Waals surface area (Å²) in [4.78, 5) is 14.2. The monoisotopic (exact) mass is 295 g/mol. The molecule has 110 valence electrons. The summed E-state index contributed by atoms with van der Waals surface area (Å²) in [6.07, 6.45) is 3.06. The Bertz CT molecular complexity index is 490. The van der Waals surface area contributed by atoms with Crippen molar-refractivity contribution >= 4 is 28.9 Å². The van der Waals surface area contributed by atoms with Crippen molar-refractivity contribution in [1.29, 1.82) is 0 Å². The lowest BCUT2D eigenvalue weighted by Gasteiger charge is -2.19. The Hall–Kier alpha value is -1.26. The standard InChI is InChI=1S/C15H22ClN3O/c1-19(2)14-7-6-11(8-13(14)16)18-15(20)12-5-3-4-10(12)9-17/h6-8,10,12H,3-5,9,17H2,1-2H3,(H,18,20). The summed E-state index contributed by atoms with van der Waals surface area (Å²) in [5.74, 6) is 0.408. The van der Waals surface area contributed by atoms with E-state index in [0.29, 0.717) is 17.5 Å². The quantitative estimate of drug-likeness (QED) is 0.898. The zero-order valence-electron chi connectivity index (χ0n) is 12.0. The van der Waals surface area contributed by atoms with Crippen LogP contribution in [-0.4, -0.2) is 26.5 Å². The first-order valence-corrected chi connectivity index (χ1v) is 7.38. The van der Waals surface area contributed by atoms with Crippen LogP contribution >= 0.6 is 11.6 Å². The first-order chi connectivity index (χ1) is 9.52. The zero-order valence-corrected chi connectivity index (χ0v) is 12.8. The molecule has 20 heavy (non-hydrogen) atoms. The van der Waals surface area contributed by atoms with Crippen molar-refractivity contribution in [2.75, 3.05) is 30.9 Å². The number of nitrogens with zero attached hydrogens (tertiary/aromatic N) is 1. The fourth-order valence-electron chi connectivity index (χ4n) is 2.85. The number of amides is 1. The Morgan fingerprint density at radius 2 is 2.20 bits per heavy atom. The van der Waals surface area contributed by atoms with Crippen LogP contribution in [0.2, 0.25) is 5.02 Å². The summed E-state index contributed by atoms with van der Waals surface area (Å²) in [7, 11) is 3.87. The van der Waals surface area contributed by atoms with Gasteiger partial charge in [0.05, 0.1) is 10.7 Å². The van der Waals surface area contributed by atoms with Gasteiger partial charge in [0.1, 0.15) is 0 Å². The Morgan fingerprint density at radius 3 is 2.80 bits per heavy atom. The molecular formula is C15H22ClN3O. The smallest absolute Gasteiger partial charge is 0.227 e. The van der Waals surface area contributed by atoms with Gasteiger partial charge in [0, 0.05) is 25.7 Å². The van der Waals surface area contributed by atoms with Crippen LogP contribution in [-0.2, 0) is 4.79 Å². The molecule has 1 fully saturated rings. The van der Waals surface area contributed by atoms with Gasteiger partial charge in [-0.1, -0.05) is 18.0 Å². The van der Waals surface area contributed by atoms with E-state index in [-0.39, 0.29) is 11.8 Å². The van der Waals surface area contributed by atoms with Crippen molar-refractivity contribution in [2.24, 2.45) is 17.6 Å². The lowest BCUT2D eigenvalue weighted by atomic mass is 9.95. The highest BCUT2D eigenvalue weighted by molar-refractivity contribution is 6.33. The lowest BCUT2D eigenvalue weighted by molar-refractivity contribution is -0.120. The average Bonchev–Trinajstić information content (AvgIpc) is 2.86. The second kappa shape index (κ2) is 6.46. The van der Waals surface area contributed by atoms with Crippen molar-refractivity contribution in [2.45, 2.75) is 19.3 Å². The summed E-state index contributed by atoms with van der Waals surface area (Å²) in [5.41, 5.74) is 7.41. The number of carbonyl (C=O) groups is 1. The molecule has 1 aromatic rings. The average molecular weight is 296 g/mol. The molecule has 3 N–H and O–H groups in total. The predicted molar refractivity (Wildman–Crippen MR) is 84.3 cm³/mol. The third kappa shape index (κ3) is 3.25. The number of carbonyl (C=O) groups excluding carboxylic acids is 1. The number of nitrogens with one attached hydrogen (secondary N) is 1. The predicted octanol–water partition coefficient (Wildman–Crippen LogP) is 2.72. The fourth-order valence-corrected chi connectivity index (χ4v) is 3.20. The SMILES string of the molecule is CN(C)c1ccc(NC(=O)C2CCCC2CN)cc1Cl. The van der Waals surface area contributed by atoms with Crippen LogP contribution in [0.4, 0.5) is 11.4 Å². The molecule has 1 aliphatic rings. The van der Waals surface area contributed by atoms with E-state index < -0.39 is 0 Å². The summed E-state index contributed by atoms with van der Waals surface area (Å²) >= 11 is 6.21. The van der Waals surface area contributed by atoms with Gasteiger partial charge >= 0.3 is 0 Å². The minimum atomic E-state index is 0.0345. The molecule has 0 radical (unpaired) electrons. The third-order valence-corrected chi connectivity index (χ3v) is 4.30. The van der Waals surface area contributed by atoms with E-state index in [1.165, 1.54) is 0 Å². The second-order valence-electron chi connectivity index (χ2n) is 5.58. The minimum absolute atomic E-state index is 0.0345. The number of benzene rings is 1. The Labute approximate surface area is 125 Å². The van der Waals surface area contributed by atoms with Crippen molar-refractivity contribution in [1.82, 2.24) is 0 Å². The number of anilines is 2. The Balaban J connectivity index is 2.06. The van der Waals surface area contributed by atoms with Crippen molar-refractivity contribution < 1.29 is 4.79 Å². The van der Waals surface area contributed by atoms with Crippen LogP contribution in [0.5, 0.6) is 0 Å². The highest BCUT2D eigenvalue weighted by atomic mass is 35.5. The maximum absolute atomic E-state index is 12.3. The zero-order chi connectivity index (χ0) is 14.7. The third-order valence-electron chi connectivity index (χ3n) is 4.00. The minimum Gasteiger partial charge on any atom is -0.376 e. The summed E-state index contributed by atoms with van der Waals surface area (Å²) in [6.45, 7) is 0.582. The summed E-state index contributed by atoms with van der Waals surface area (Å²) < 4.78 is 0. The van der Waals surface area contributed by atoms with Crippen molar-refractivity contribution in [3.63, 3.8) is 0 Å². The molecule has 1 saturated carbocycles. The van der Waals surface area contributed by atoms with E-state index in [4.69, 9.17) is 17.3 Å². The van der Waals surface area contributed by atoms with Gasteiger partial charge in [0.15, 0.2) is 0 Å². The van der Waals surface area contributed by atoms with Gasteiger partial charge in [-0.2, -0.15) is 0 Å².